The lowest BCUT2D eigenvalue weighted by atomic mass is 10.1. The number of alkyl halides is 2. The summed E-state index contributed by atoms with van der Waals surface area (Å²) < 4.78 is 0. The Balaban J connectivity index is 2.53. The van der Waals surface area contributed by atoms with Crippen LogP contribution in [0.2, 0.25) is 0 Å². The highest BCUT2D eigenvalue weighted by Gasteiger charge is 2.33. The molecule has 1 rings (SSSR count). The molecule has 0 amide bonds. The number of hydrogen-bond acceptors (Lipinski definition) is 3. The van der Waals surface area contributed by atoms with Crippen LogP contribution in [0.3, 0.4) is 0 Å². The van der Waals surface area contributed by atoms with Crippen LogP contribution in [0.4, 0.5) is 0 Å². The van der Waals surface area contributed by atoms with E-state index in [0.29, 0.717) is 0 Å². The van der Waals surface area contributed by atoms with Crippen molar-refractivity contribution in [3.8, 4) is 0 Å². The summed E-state index contributed by atoms with van der Waals surface area (Å²) in [6, 6.07) is 0. The molecule has 0 spiro atoms. The molecule has 0 radical (unpaired) electrons. The predicted octanol–water partition coefficient (Wildman–Crippen LogP) is 0.170. The molecule has 1 N–H and O–H groups in total. The van der Waals surface area contributed by atoms with Crippen molar-refractivity contribution in [3.63, 3.8) is 0 Å². The number of carboxylic acid groups (broad SMARTS) is 1. The van der Waals surface area contributed by atoms with Crippen LogP contribution < -0.4 is 0 Å². The van der Waals surface area contributed by atoms with Crippen molar-refractivity contribution in [1.29, 1.82) is 0 Å². The van der Waals surface area contributed by atoms with Crippen LogP contribution >= 0.6 is 23.2 Å². The molecule has 1 fully saturated rings. The van der Waals surface area contributed by atoms with Crippen LogP contribution in [-0.4, -0.2) is 52.1 Å². The van der Waals surface area contributed by atoms with Gasteiger partial charge in [0.25, 0.3) is 0 Å². The number of nitrogens with zero attached hydrogens (tertiary/aromatic N) is 1. The van der Waals surface area contributed by atoms with Crippen LogP contribution in [0.1, 0.15) is 0 Å². The van der Waals surface area contributed by atoms with E-state index in [-0.39, 0.29) is 25.4 Å². The van der Waals surface area contributed by atoms with E-state index in [4.69, 9.17) is 28.3 Å². The van der Waals surface area contributed by atoms with Gasteiger partial charge < -0.3 is 5.11 Å². The monoisotopic (exact) mass is 225 g/mol. The number of piperidine rings is 1. The van der Waals surface area contributed by atoms with E-state index < -0.39 is 16.7 Å². The van der Waals surface area contributed by atoms with Gasteiger partial charge in [-0.15, -0.1) is 23.2 Å². The van der Waals surface area contributed by atoms with Gasteiger partial charge in [0.05, 0.1) is 6.54 Å². The van der Waals surface area contributed by atoms with E-state index in [9.17, 15) is 9.59 Å². The summed E-state index contributed by atoms with van der Waals surface area (Å²) in [7, 11) is 0. The molecule has 0 saturated carbocycles. The average Bonchev–Trinajstić information content (AvgIpc) is 1.98. The van der Waals surface area contributed by atoms with E-state index in [1.165, 1.54) is 0 Å². The third kappa shape index (κ3) is 2.83. The maximum atomic E-state index is 11.1. The van der Waals surface area contributed by atoms with Crippen molar-refractivity contribution >= 4 is 35.0 Å². The molecule has 13 heavy (non-hydrogen) atoms. The summed E-state index contributed by atoms with van der Waals surface area (Å²) in [5, 5.41) is 7.12. The van der Waals surface area contributed by atoms with E-state index in [2.05, 4.69) is 0 Å². The van der Waals surface area contributed by atoms with E-state index in [0.717, 1.165) is 0 Å². The molecule has 4 nitrogen and oxygen atoms in total. The van der Waals surface area contributed by atoms with Crippen molar-refractivity contribution in [2.45, 2.75) is 10.8 Å². The molecule has 0 aromatic heterocycles. The first-order valence-corrected chi connectivity index (χ1v) is 4.64. The molecule has 0 unspecified atom stereocenters. The van der Waals surface area contributed by atoms with Crippen LogP contribution in [0.5, 0.6) is 0 Å². The number of rotatable bonds is 2. The zero-order valence-electron chi connectivity index (χ0n) is 6.74. The summed E-state index contributed by atoms with van der Waals surface area (Å²) in [5.74, 6) is -1.16. The summed E-state index contributed by atoms with van der Waals surface area (Å²) in [6.07, 6.45) is 0. The van der Waals surface area contributed by atoms with Crippen molar-refractivity contribution in [2.24, 2.45) is 0 Å². The maximum Gasteiger partial charge on any atom is 0.317 e. The van der Waals surface area contributed by atoms with Gasteiger partial charge in [-0.1, -0.05) is 0 Å². The van der Waals surface area contributed by atoms with Gasteiger partial charge in [0.2, 0.25) is 0 Å². The Kier molecular flexibility index (Phi) is 3.53. The van der Waals surface area contributed by atoms with Gasteiger partial charge in [-0.25, -0.2) is 0 Å². The van der Waals surface area contributed by atoms with Crippen molar-refractivity contribution in [3.05, 3.63) is 0 Å². The van der Waals surface area contributed by atoms with E-state index in [1.54, 1.807) is 4.90 Å². The SMILES string of the molecule is O=C(O)CN1C[C@@H](Cl)C(=O)[C@H](Cl)C1. The fourth-order valence-corrected chi connectivity index (χ4v) is 1.98. The minimum absolute atomic E-state index is 0.125. The Morgan fingerprint density at radius 1 is 1.46 bits per heavy atom. The zero-order valence-corrected chi connectivity index (χ0v) is 8.25. The van der Waals surface area contributed by atoms with Crippen molar-refractivity contribution in [1.82, 2.24) is 4.90 Å². The lowest BCUT2D eigenvalue weighted by Crippen LogP contribution is -2.50. The highest BCUT2D eigenvalue weighted by molar-refractivity contribution is 6.40. The topological polar surface area (TPSA) is 57.6 Å². The first-order valence-electron chi connectivity index (χ1n) is 3.76. The molecule has 1 aliphatic rings. The first-order chi connectivity index (χ1) is 6.00. The average molecular weight is 226 g/mol. The minimum Gasteiger partial charge on any atom is -0.480 e. The number of ketones is 1. The molecular weight excluding hydrogens is 217 g/mol. The third-order valence-corrected chi connectivity index (χ3v) is 2.52. The van der Waals surface area contributed by atoms with E-state index >= 15 is 0 Å². The smallest absolute Gasteiger partial charge is 0.317 e. The normalized spacial score (nSPS) is 30.5. The standard InChI is InChI=1S/C7H9Cl2NO3/c8-4-1-10(3-6(11)12)2-5(9)7(4)13/h4-5H,1-3H2,(H,11,12)/t4-,5-/m1/s1. The zero-order chi connectivity index (χ0) is 10.0. The lowest BCUT2D eigenvalue weighted by Gasteiger charge is -2.30. The summed E-state index contributed by atoms with van der Waals surface area (Å²) in [6.45, 7) is 0.394. The predicted molar refractivity (Wildman–Crippen MR) is 48.4 cm³/mol. The van der Waals surface area contributed by atoms with Crippen molar-refractivity contribution < 1.29 is 14.7 Å². The van der Waals surface area contributed by atoms with Crippen LogP contribution in [0.25, 0.3) is 0 Å². The molecule has 0 aromatic rings. The number of aliphatic carboxylic acids is 1. The molecule has 6 heteroatoms. The van der Waals surface area contributed by atoms with Gasteiger partial charge >= 0.3 is 5.97 Å². The Bertz CT molecular complexity index is 220. The first kappa shape index (κ1) is 10.8. The minimum atomic E-state index is -0.943. The fourth-order valence-electron chi connectivity index (χ4n) is 1.22. The third-order valence-electron chi connectivity index (χ3n) is 1.81. The summed E-state index contributed by atoms with van der Waals surface area (Å²) in [4.78, 5) is 23.0. The Hall–Kier alpha value is -0.320. The highest BCUT2D eigenvalue weighted by Crippen LogP contribution is 2.16. The Morgan fingerprint density at radius 2 is 1.92 bits per heavy atom. The molecule has 0 bridgehead atoms. The second kappa shape index (κ2) is 4.26. The molecule has 2 atom stereocenters. The quantitative estimate of drug-likeness (QED) is 0.682. The molecule has 74 valence electrons. The fraction of sp³-hybridized carbons (Fsp3) is 0.714. The summed E-state index contributed by atoms with van der Waals surface area (Å²) >= 11 is 11.3. The number of hydrogen-bond donors (Lipinski definition) is 1. The van der Waals surface area contributed by atoms with Crippen LogP contribution in [0.15, 0.2) is 0 Å². The number of Topliss-reactive ketones (excluding diaryl/α,β-unsaturated/α-hetero) is 1. The van der Waals surface area contributed by atoms with Gasteiger partial charge in [-0.2, -0.15) is 0 Å². The van der Waals surface area contributed by atoms with Gasteiger partial charge in [-0.05, 0) is 0 Å². The van der Waals surface area contributed by atoms with Crippen molar-refractivity contribution in [2.75, 3.05) is 19.6 Å². The van der Waals surface area contributed by atoms with Crippen LogP contribution in [0, 0.1) is 0 Å². The number of likely N-dealkylation sites (tertiary alicyclic amines) is 1. The van der Waals surface area contributed by atoms with Gasteiger partial charge in [0, 0.05) is 13.1 Å². The second-order valence-corrected chi connectivity index (χ2v) is 3.98. The molecule has 1 aliphatic heterocycles. The summed E-state index contributed by atoms with van der Waals surface area (Å²) in [5.41, 5.74) is 0. The molecular formula is C7H9Cl2NO3. The second-order valence-electron chi connectivity index (χ2n) is 2.93. The van der Waals surface area contributed by atoms with Gasteiger partial charge in [0.1, 0.15) is 10.8 Å². The Labute approximate surface area is 85.4 Å². The molecule has 1 heterocycles. The number of carbonyl (C=O) groups is 2. The lowest BCUT2D eigenvalue weighted by molar-refractivity contribution is -0.139. The number of halogens is 2. The molecule has 0 aliphatic carbocycles. The van der Waals surface area contributed by atoms with Gasteiger partial charge in [-0.3, -0.25) is 14.5 Å². The maximum absolute atomic E-state index is 11.1. The van der Waals surface area contributed by atoms with Gasteiger partial charge in [0.15, 0.2) is 5.78 Å². The largest absolute Gasteiger partial charge is 0.480 e. The number of carboxylic acids is 1. The number of carbonyl (C=O) groups excluding carboxylic acids is 1. The van der Waals surface area contributed by atoms with E-state index in [1.807, 2.05) is 0 Å². The molecule has 0 aromatic carbocycles. The molecule has 1 saturated heterocycles. The highest BCUT2D eigenvalue weighted by atomic mass is 35.5. The Morgan fingerprint density at radius 3 is 2.31 bits per heavy atom. The van der Waals surface area contributed by atoms with Crippen LogP contribution in [-0.2, 0) is 9.59 Å².